The Morgan fingerprint density at radius 3 is 2.27 bits per heavy atom. The zero-order chi connectivity index (χ0) is 18.7. The molecule has 0 aliphatic carbocycles. The molecule has 0 amide bonds. The molecule has 0 saturated heterocycles. The van der Waals surface area contributed by atoms with Gasteiger partial charge in [-0.05, 0) is 42.6 Å². The minimum Gasteiger partial charge on any atom is -0.294 e. The largest absolute Gasteiger partial charge is 0.294 e. The second-order valence-electron chi connectivity index (χ2n) is 6.00. The molecule has 0 radical (unpaired) electrons. The summed E-state index contributed by atoms with van der Waals surface area (Å²) in [5.41, 5.74) is 1.50. The molecule has 0 saturated carbocycles. The summed E-state index contributed by atoms with van der Waals surface area (Å²) in [5, 5.41) is 0.943. The lowest BCUT2D eigenvalue weighted by Gasteiger charge is -2.16. The number of Topliss-reactive ketones (excluding diaryl/α,β-unsaturated/α-hetero) is 1. The Labute approximate surface area is 165 Å². The number of benzene rings is 2. The van der Waals surface area contributed by atoms with Gasteiger partial charge in [0.15, 0.2) is 15.6 Å². The van der Waals surface area contributed by atoms with Crippen molar-refractivity contribution in [3.8, 4) is 0 Å². The first-order valence-electron chi connectivity index (χ1n) is 8.00. The number of rotatable bonds is 6. The fraction of sp³-hybridized carbons (Fsp3) is 0.150. The van der Waals surface area contributed by atoms with E-state index < -0.39 is 15.1 Å². The van der Waals surface area contributed by atoms with Gasteiger partial charge in [0.2, 0.25) is 0 Å². The van der Waals surface area contributed by atoms with E-state index in [9.17, 15) is 13.2 Å². The summed E-state index contributed by atoms with van der Waals surface area (Å²) >= 11 is 4.70. The number of aryl methyl sites for hydroxylation is 1. The van der Waals surface area contributed by atoms with E-state index in [2.05, 4.69) is 15.9 Å². The van der Waals surface area contributed by atoms with Gasteiger partial charge in [-0.15, -0.1) is 11.3 Å². The van der Waals surface area contributed by atoms with Crippen LogP contribution in [0.25, 0.3) is 0 Å². The zero-order valence-corrected chi connectivity index (χ0v) is 17.3. The fourth-order valence-corrected chi connectivity index (χ4v) is 5.77. The van der Waals surface area contributed by atoms with Gasteiger partial charge in [0.05, 0.1) is 4.90 Å². The van der Waals surface area contributed by atoms with Crippen molar-refractivity contribution in [2.45, 2.75) is 23.5 Å². The third-order valence-electron chi connectivity index (χ3n) is 4.12. The van der Waals surface area contributed by atoms with Crippen LogP contribution in [0.5, 0.6) is 0 Å². The maximum absolute atomic E-state index is 13.2. The van der Waals surface area contributed by atoms with Crippen LogP contribution in [-0.4, -0.2) is 14.2 Å². The van der Waals surface area contributed by atoms with Crippen molar-refractivity contribution >= 4 is 42.9 Å². The molecule has 134 valence electrons. The molecule has 1 aromatic heterocycles. The topological polar surface area (TPSA) is 51.2 Å². The third kappa shape index (κ3) is 4.14. The first-order chi connectivity index (χ1) is 12.4. The maximum Gasteiger partial charge on any atom is 0.186 e. The normalized spacial score (nSPS) is 12.7. The predicted octanol–water partition coefficient (Wildman–Crippen LogP) is 5.61. The SMILES string of the molecule is Cc1ccc(S(=O)(=O)C(CC(=O)c2ccc(Br)cc2)c2cccs2)cc1. The fourth-order valence-electron chi connectivity index (χ4n) is 2.65. The number of carbonyl (C=O) groups is 1. The number of hydrogen-bond donors (Lipinski definition) is 0. The smallest absolute Gasteiger partial charge is 0.186 e. The van der Waals surface area contributed by atoms with Crippen molar-refractivity contribution in [1.82, 2.24) is 0 Å². The number of carbonyl (C=O) groups excluding carboxylic acids is 1. The first kappa shape index (κ1) is 19.0. The lowest BCUT2D eigenvalue weighted by atomic mass is 10.1. The Bertz CT molecular complexity index is 990. The third-order valence-corrected chi connectivity index (χ3v) is 7.88. The monoisotopic (exact) mass is 448 g/mol. The Hall–Kier alpha value is -1.76. The number of thiophene rings is 1. The molecule has 6 heteroatoms. The summed E-state index contributed by atoms with van der Waals surface area (Å²) in [5.74, 6) is -0.188. The average molecular weight is 449 g/mol. The summed E-state index contributed by atoms with van der Waals surface area (Å²) in [6.07, 6.45) is -0.0850. The minimum absolute atomic E-state index is 0.0850. The molecule has 1 atom stereocenters. The van der Waals surface area contributed by atoms with Crippen LogP contribution in [0.4, 0.5) is 0 Å². The van der Waals surface area contributed by atoms with Crippen molar-refractivity contribution in [2.24, 2.45) is 0 Å². The highest BCUT2D eigenvalue weighted by Crippen LogP contribution is 2.35. The van der Waals surface area contributed by atoms with Crippen molar-refractivity contribution in [1.29, 1.82) is 0 Å². The van der Waals surface area contributed by atoms with Crippen LogP contribution < -0.4 is 0 Å². The second kappa shape index (κ2) is 7.86. The molecule has 2 aromatic carbocycles. The summed E-state index contributed by atoms with van der Waals surface area (Å²) in [7, 11) is -3.67. The summed E-state index contributed by atoms with van der Waals surface area (Å²) in [4.78, 5) is 13.6. The van der Waals surface area contributed by atoms with E-state index in [1.807, 2.05) is 18.4 Å². The molecule has 3 rings (SSSR count). The van der Waals surface area contributed by atoms with Crippen LogP contribution >= 0.6 is 27.3 Å². The Morgan fingerprint density at radius 1 is 1.04 bits per heavy atom. The Balaban J connectivity index is 1.97. The van der Waals surface area contributed by atoms with Crippen LogP contribution in [-0.2, 0) is 9.84 Å². The highest BCUT2D eigenvalue weighted by atomic mass is 79.9. The summed E-state index contributed by atoms with van der Waals surface area (Å²) in [6.45, 7) is 1.91. The number of halogens is 1. The van der Waals surface area contributed by atoms with Gasteiger partial charge in [-0.2, -0.15) is 0 Å². The van der Waals surface area contributed by atoms with Gasteiger partial charge >= 0.3 is 0 Å². The molecule has 3 nitrogen and oxygen atoms in total. The van der Waals surface area contributed by atoms with Crippen molar-refractivity contribution in [3.63, 3.8) is 0 Å². The van der Waals surface area contributed by atoms with Gasteiger partial charge < -0.3 is 0 Å². The van der Waals surface area contributed by atoms with Crippen LogP contribution in [0.3, 0.4) is 0 Å². The molecule has 0 aliphatic heterocycles. The van der Waals surface area contributed by atoms with Gasteiger partial charge in [-0.25, -0.2) is 8.42 Å². The van der Waals surface area contributed by atoms with E-state index in [0.29, 0.717) is 10.4 Å². The molecule has 0 N–H and O–H groups in total. The number of sulfone groups is 1. The van der Waals surface area contributed by atoms with E-state index in [0.717, 1.165) is 10.0 Å². The zero-order valence-electron chi connectivity index (χ0n) is 14.1. The Morgan fingerprint density at radius 2 is 1.69 bits per heavy atom. The Kier molecular flexibility index (Phi) is 5.75. The van der Waals surface area contributed by atoms with Crippen LogP contribution in [0, 0.1) is 6.92 Å². The molecule has 0 bridgehead atoms. The lowest BCUT2D eigenvalue weighted by molar-refractivity contribution is 0.0981. The standard InChI is InChI=1S/C20H17BrO3S2/c1-14-4-10-17(11-5-14)26(23,24)20(19-3-2-12-25-19)13-18(22)15-6-8-16(21)9-7-15/h2-12,20H,13H2,1H3. The quantitative estimate of drug-likeness (QED) is 0.460. The van der Waals surface area contributed by atoms with Gasteiger partial charge in [-0.3, -0.25) is 4.79 Å². The van der Waals surface area contributed by atoms with E-state index >= 15 is 0 Å². The molecule has 0 aliphatic rings. The van der Waals surface area contributed by atoms with Crippen molar-refractivity contribution in [2.75, 3.05) is 0 Å². The van der Waals surface area contributed by atoms with Crippen molar-refractivity contribution < 1.29 is 13.2 Å². The van der Waals surface area contributed by atoms with E-state index in [1.54, 1.807) is 54.6 Å². The maximum atomic E-state index is 13.2. The highest BCUT2D eigenvalue weighted by Gasteiger charge is 2.32. The minimum atomic E-state index is -3.67. The molecule has 26 heavy (non-hydrogen) atoms. The second-order valence-corrected chi connectivity index (χ2v) is 10.0. The summed E-state index contributed by atoms with van der Waals surface area (Å²) < 4.78 is 27.3. The number of ketones is 1. The van der Waals surface area contributed by atoms with E-state index in [1.165, 1.54) is 11.3 Å². The molecule has 1 unspecified atom stereocenters. The van der Waals surface area contributed by atoms with Gasteiger partial charge in [0.25, 0.3) is 0 Å². The highest BCUT2D eigenvalue weighted by molar-refractivity contribution is 9.10. The molecule has 3 aromatic rings. The first-order valence-corrected chi connectivity index (χ1v) is 11.2. The molecular formula is C20H17BrO3S2. The van der Waals surface area contributed by atoms with Gasteiger partial charge in [-0.1, -0.05) is 51.8 Å². The average Bonchev–Trinajstić information content (AvgIpc) is 3.14. The lowest BCUT2D eigenvalue weighted by Crippen LogP contribution is -2.17. The molecular weight excluding hydrogens is 432 g/mol. The van der Waals surface area contributed by atoms with Crippen molar-refractivity contribution in [3.05, 3.63) is 86.5 Å². The molecule has 1 heterocycles. The van der Waals surface area contributed by atoms with E-state index in [4.69, 9.17) is 0 Å². The summed E-state index contributed by atoms with van der Waals surface area (Å²) in [6, 6.07) is 17.3. The van der Waals surface area contributed by atoms with Gasteiger partial charge in [0.1, 0.15) is 5.25 Å². The van der Waals surface area contributed by atoms with Crippen LogP contribution in [0.15, 0.2) is 75.4 Å². The molecule has 0 spiro atoms. The van der Waals surface area contributed by atoms with Crippen LogP contribution in [0.2, 0.25) is 0 Å². The predicted molar refractivity (Wildman–Crippen MR) is 109 cm³/mol. The van der Waals surface area contributed by atoms with E-state index in [-0.39, 0.29) is 17.1 Å². The number of hydrogen-bond acceptors (Lipinski definition) is 4. The van der Waals surface area contributed by atoms with Gasteiger partial charge in [0, 0.05) is 21.3 Å². The molecule has 0 fully saturated rings. The van der Waals surface area contributed by atoms with Crippen LogP contribution in [0.1, 0.15) is 32.5 Å².